The molecular formula is C14H18FNO2. The van der Waals surface area contributed by atoms with Crippen molar-refractivity contribution < 1.29 is 14.3 Å². The maximum atomic E-state index is 12.7. The predicted octanol–water partition coefficient (Wildman–Crippen LogP) is 1.97. The average molecular weight is 251 g/mol. The Balaban J connectivity index is 2.60. The fourth-order valence-electron chi connectivity index (χ4n) is 1.38. The van der Waals surface area contributed by atoms with Crippen molar-refractivity contribution in [1.29, 1.82) is 0 Å². The van der Waals surface area contributed by atoms with Gasteiger partial charge < -0.3 is 10.4 Å². The summed E-state index contributed by atoms with van der Waals surface area (Å²) in [5, 5.41) is 11.5. The Morgan fingerprint density at radius 3 is 2.61 bits per heavy atom. The van der Waals surface area contributed by atoms with E-state index >= 15 is 0 Å². The second-order valence-electron chi connectivity index (χ2n) is 4.37. The minimum atomic E-state index is -0.298. The fraction of sp³-hybridized carbons (Fsp3) is 0.357. The minimum absolute atomic E-state index is 0.0356. The summed E-state index contributed by atoms with van der Waals surface area (Å²) in [7, 11) is 0. The van der Waals surface area contributed by atoms with E-state index in [-0.39, 0.29) is 24.2 Å². The molecule has 0 aliphatic rings. The summed E-state index contributed by atoms with van der Waals surface area (Å²) in [5.41, 5.74) is 1.57. The molecule has 1 unspecified atom stereocenters. The summed E-state index contributed by atoms with van der Waals surface area (Å²) in [6.45, 7) is 4.11. The number of rotatable bonds is 5. The van der Waals surface area contributed by atoms with Crippen molar-refractivity contribution in [1.82, 2.24) is 5.32 Å². The molecule has 0 fully saturated rings. The van der Waals surface area contributed by atoms with Gasteiger partial charge in [0.15, 0.2) is 0 Å². The Kier molecular flexibility index (Phi) is 5.52. The highest BCUT2D eigenvalue weighted by Crippen LogP contribution is 2.13. The number of benzene rings is 1. The lowest BCUT2D eigenvalue weighted by Gasteiger charge is -2.08. The Morgan fingerprint density at radius 1 is 1.44 bits per heavy atom. The smallest absolute Gasteiger partial charge is 0.244 e. The normalized spacial score (nSPS) is 13.2. The molecule has 1 aromatic carbocycles. The number of halogens is 1. The molecule has 98 valence electrons. The molecule has 1 atom stereocenters. The van der Waals surface area contributed by atoms with Crippen molar-refractivity contribution in [2.24, 2.45) is 5.92 Å². The van der Waals surface area contributed by atoms with Crippen LogP contribution in [0, 0.1) is 11.7 Å². The van der Waals surface area contributed by atoms with E-state index in [0.29, 0.717) is 6.54 Å². The second kappa shape index (κ2) is 6.91. The second-order valence-corrected chi connectivity index (χ2v) is 4.37. The van der Waals surface area contributed by atoms with E-state index in [1.54, 1.807) is 19.1 Å². The fourth-order valence-corrected chi connectivity index (χ4v) is 1.38. The number of carbonyl (C=O) groups is 1. The van der Waals surface area contributed by atoms with E-state index in [0.717, 1.165) is 11.1 Å². The minimum Gasteiger partial charge on any atom is -0.396 e. The zero-order valence-corrected chi connectivity index (χ0v) is 10.6. The number of amides is 1. The van der Waals surface area contributed by atoms with E-state index in [9.17, 15) is 9.18 Å². The van der Waals surface area contributed by atoms with Gasteiger partial charge in [0, 0.05) is 19.2 Å². The Bertz CT molecular complexity index is 426. The zero-order valence-electron chi connectivity index (χ0n) is 10.6. The van der Waals surface area contributed by atoms with E-state index in [4.69, 9.17) is 5.11 Å². The molecule has 1 rings (SSSR count). The van der Waals surface area contributed by atoms with Gasteiger partial charge in [-0.1, -0.05) is 19.1 Å². The van der Waals surface area contributed by atoms with Crippen LogP contribution >= 0.6 is 0 Å². The third kappa shape index (κ3) is 4.67. The van der Waals surface area contributed by atoms with Crippen molar-refractivity contribution in [3.63, 3.8) is 0 Å². The molecule has 0 aliphatic carbocycles. The third-order valence-electron chi connectivity index (χ3n) is 2.58. The first-order chi connectivity index (χ1) is 8.52. The summed E-state index contributed by atoms with van der Waals surface area (Å²) < 4.78 is 12.7. The van der Waals surface area contributed by atoms with Gasteiger partial charge in [0.25, 0.3) is 0 Å². The van der Waals surface area contributed by atoms with Crippen LogP contribution in [0.2, 0.25) is 0 Å². The molecular weight excluding hydrogens is 233 g/mol. The first kappa shape index (κ1) is 14.4. The quantitative estimate of drug-likeness (QED) is 0.786. The monoisotopic (exact) mass is 251 g/mol. The first-order valence-electron chi connectivity index (χ1n) is 5.86. The standard InChI is InChI=1S/C14H18FNO2/c1-10(9-17)8-16-14(18)7-11(2)12-3-5-13(15)6-4-12/h3-7,10,17H,8-9H2,1-2H3,(H,16,18)/b11-7-. The van der Waals surface area contributed by atoms with Gasteiger partial charge in [0.2, 0.25) is 5.91 Å². The highest BCUT2D eigenvalue weighted by Gasteiger charge is 2.03. The van der Waals surface area contributed by atoms with E-state index in [1.807, 2.05) is 6.92 Å². The number of nitrogens with one attached hydrogen (secondary N) is 1. The van der Waals surface area contributed by atoms with Gasteiger partial charge in [-0.05, 0) is 36.1 Å². The summed E-state index contributed by atoms with van der Waals surface area (Å²) >= 11 is 0. The lowest BCUT2D eigenvalue weighted by Crippen LogP contribution is -2.28. The van der Waals surface area contributed by atoms with Crippen molar-refractivity contribution in [2.45, 2.75) is 13.8 Å². The Hall–Kier alpha value is -1.68. The molecule has 0 heterocycles. The number of hydrogen-bond acceptors (Lipinski definition) is 2. The van der Waals surface area contributed by atoms with Gasteiger partial charge in [-0.3, -0.25) is 4.79 Å². The molecule has 0 saturated heterocycles. The van der Waals surface area contributed by atoms with Crippen LogP contribution in [0.4, 0.5) is 4.39 Å². The lowest BCUT2D eigenvalue weighted by molar-refractivity contribution is -0.116. The van der Waals surface area contributed by atoms with Crippen molar-refractivity contribution >= 4 is 11.5 Å². The molecule has 4 heteroatoms. The molecule has 0 aromatic heterocycles. The van der Waals surface area contributed by atoms with Crippen LogP contribution in [0.3, 0.4) is 0 Å². The Morgan fingerprint density at radius 2 is 2.06 bits per heavy atom. The number of aliphatic hydroxyl groups is 1. The molecule has 18 heavy (non-hydrogen) atoms. The SMILES string of the molecule is C/C(=C/C(=O)NCC(C)CO)c1ccc(F)cc1. The molecule has 1 amide bonds. The van der Waals surface area contributed by atoms with Gasteiger partial charge in [-0.15, -0.1) is 0 Å². The van der Waals surface area contributed by atoms with Crippen molar-refractivity contribution in [3.05, 3.63) is 41.7 Å². The maximum Gasteiger partial charge on any atom is 0.244 e. The largest absolute Gasteiger partial charge is 0.396 e. The number of carbonyl (C=O) groups excluding carboxylic acids is 1. The molecule has 2 N–H and O–H groups in total. The van der Waals surface area contributed by atoms with Crippen LogP contribution in [-0.2, 0) is 4.79 Å². The van der Waals surface area contributed by atoms with Crippen LogP contribution in [0.1, 0.15) is 19.4 Å². The van der Waals surface area contributed by atoms with Crippen LogP contribution in [0.25, 0.3) is 5.57 Å². The van der Waals surface area contributed by atoms with Crippen LogP contribution in [-0.4, -0.2) is 24.2 Å². The third-order valence-corrected chi connectivity index (χ3v) is 2.58. The molecule has 0 bridgehead atoms. The number of allylic oxidation sites excluding steroid dienone is 1. The lowest BCUT2D eigenvalue weighted by atomic mass is 10.1. The average Bonchev–Trinajstić information content (AvgIpc) is 2.36. The van der Waals surface area contributed by atoms with Crippen LogP contribution in [0.15, 0.2) is 30.3 Å². The summed E-state index contributed by atoms with van der Waals surface area (Å²) in [5.74, 6) is -0.474. The van der Waals surface area contributed by atoms with Gasteiger partial charge in [-0.25, -0.2) is 4.39 Å². The Labute approximate surface area is 106 Å². The van der Waals surface area contributed by atoms with Gasteiger partial charge >= 0.3 is 0 Å². The summed E-state index contributed by atoms with van der Waals surface area (Å²) in [6, 6.07) is 5.98. The molecule has 0 aliphatic heterocycles. The van der Waals surface area contributed by atoms with E-state index in [2.05, 4.69) is 5.32 Å². The van der Waals surface area contributed by atoms with Crippen LogP contribution < -0.4 is 5.32 Å². The topological polar surface area (TPSA) is 49.3 Å². The van der Waals surface area contributed by atoms with Gasteiger partial charge in [0.1, 0.15) is 5.82 Å². The molecule has 1 aromatic rings. The van der Waals surface area contributed by atoms with Crippen molar-refractivity contribution in [3.8, 4) is 0 Å². The maximum absolute atomic E-state index is 12.7. The molecule has 0 spiro atoms. The molecule has 0 radical (unpaired) electrons. The number of hydrogen-bond donors (Lipinski definition) is 2. The van der Waals surface area contributed by atoms with Gasteiger partial charge in [0.05, 0.1) is 0 Å². The number of aliphatic hydroxyl groups excluding tert-OH is 1. The summed E-state index contributed by atoms with van der Waals surface area (Å²) in [4.78, 5) is 11.6. The van der Waals surface area contributed by atoms with E-state index < -0.39 is 0 Å². The highest BCUT2D eigenvalue weighted by molar-refractivity contribution is 5.94. The highest BCUT2D eigenvalue weighted by atomic mass is 19.1. The molecule has 3 nitrogen and oxygen atoms in total. The van der Waals surface area contributed by atoms with E-state index in [1.165, 1.54) is 18.2 Å². The molecule has 0 saturated carbocycles. The predicted molar refractivity (Wildman–Crippen MR) is 69.3 cm³/mol. The van der Waals surface area contributed by atoms with Crippen LogP contribution in [0.5, 0.6) is 0 Å². The van der Waals surface area contributed by atoms with Gasteiger partial charge in [-0.2, -0.15) is 0 Å². The van der Waals surface area contributed by atoms with Crippen molar-refractivity contribution in [2.75, 3.05) is 13.2 Å². The first-order valence-corrected chi connectivity index (χ1v) is 5.86. The zero-order chi connectivity index (χ0) is 13.5. The summed E-state index contributed by atoms with van der Waals surface area (Å²) in [6.07, 6.45) is 1.47.